The van der Waals surface area contributed by atoms with Gasteiger partial charge in [-0.15, -0.1) is 0 Å². The zero-order valence-electron chi connectivity index (χ0n) is 9.83. The van der Waals surface area contributed by atoms with E-state index in [1.54, 1.807) is 12.1 Å². The summed E-state index contributed by atoms with van der Waals surface area (Å²) in [7, 11) is -3.57. The maximum Gasteiger partial charge on any atom is 0.240 e. The highest BCUT2D eigenvalue weighted by molar-refractivity contribution is 7.89. The molecular weight excluding hydrogens is 250 g/mol. The van der Waals surface area contributed by atoms with Crippen LogP contribution in [0.3, 0.4) is 0 Å². The molecule has 5 nitrogen and oxygen atoms in total. The van der Waals surface area contributed by atoms with Crippen molar-refractivity contribution in [3.8, 4) is 6.07 Å². The maximum absolute atomic E-state index is 12.0. The molecule has 0 amide bonds. The van der Waals surface area contributed by atoms with E-state index in [9.17, 15) is 8.42 Å². The molecule has 1 aromatic carbocycles. The molecule has 1 aliphatic rings. The first-order valence-electron chi connectivity index (χ1n) is 5.78. The van der Waals surface area contributed by atoms with E-state index in [-0.39, 0.29) is 17.5 Å². The standard InChI is InChI=1S/C12H15N3O2S/c13-7-9-2-1-3-11(6-9)18(16,17)15-8-12(14)10-4-5-10/h1-3,6,10,12,15H,4-5,8,14H2. The lowest BCUT2D eigenvalue weighted by Crippen LogP contribution is -2.38. The van der Waals surface area contributed by atoms with Crippen molar-refractivity contribution in [2.75, 3.05) is 6.54 Å². The first kappa shape index (κ1) is 13.0. The molecule has 96 valence electrons. The molecule has 0 aliphatic heterocycles. The molecule has 3 N–H and O–H groups in total. The van der Waals surface area contributed by atoms with Crippen molar-refractivity contribution in [3.63, 3.8) is 0 Å². The smallest absolute Gasteiger partial charge is 0.240 e. The lowest BCUT2D eigenvalue weighted by Gasteiger charge is -2.12. The zero-order valence-corrected chi connectivity index (χ0v) is 10.7. The molecule has 18 heavy (non-hydrogen) atoms. The highest BCUT2D eigenvalue weighted by Crippen LogP contribution is 2.31. The van der Waals surface area contributed by atoms with E-state index in [2.05, 4.69) is 4.72 Å². The number of hydrogen-bond acceptors (Lipinski definition) is 4. The SMILES string of the molecule is N#Cc1cccc(S(=O)(=O)NCC(N)C2CC2)c1. The normalized spacial score (nSPS) is 17.1. The van der Waals surface area contributed by atoms with Gasteiger partial charge in [-0.25, -0.2) is 13.1 Å². The van der Waals surface area contributed by atoms with Crippen LogP contribution >= 0.6 is 0 Å². The Balaban J connectivity index is 2.07. The van der Waals surface area contributed by atoms with Crippen molar-refractivity contribution in [2.45, 2.75) is 23.8 Å². The van der Waals surface area contributed by atoms with Crippen molar-refractivity contribution >= 4 is 10.0 Å². The minimum atomic E-state index is -3.57. The summed E-state index contributed by atoms with van der Waals surface area (Å²) in [5.41, 5.74) is 6.16. The molecule has 0 aromatic heterocycles. The van der Waals surface area contributed by atoms with Crippen molar-refractivity contribution in [2.24, 2.45) is 11.7 Å². The Morgan fingerprint density at radius 1 is 1.50 bits per heavy atom. The molecule has 2 rings (SSSR count). The van der Waals surface area contributed by atoms with E-state index in [4.69, 9.17) is 11.0 Å². The van der Waals surface area contributed by atoms with Crippen LogP contribution in [-0.2, 0) is 10.0 Å². The second-order valence-electron chi connectivity index (χ2n) is 4.49. The first-order valence-corrected chi connectivity index (χ1v) is 7.26. The van der Waals surface area contributed by atoms with Gasteiger partial charge in [-0.1, -0.05) is 6.07 Å². The highest BCUT2D eigenvalue weighted by atomic mass is 32.2. The molecule has 1 aliphatic carbocycles. The molecule has 0 heterocycles. The van der Waals surface area contributed by atoms with Crippen LogP contribution < -0.4 is 10.5 Å². The van der Waals surface area contributed by atoms with Crippen LogP contribution in [0.25, 0.3) is 0 Å². The number of nitrogens with one attached hydrogen (secondary N) is 1. The largest absolute Gasteiger partial charge is 0.326 e. The van der Waals surface area contributed by atoms with Gasteiger partial charge < -0.3 is 5.73 Å². The number of nitrogens with zero attached hydrogens (tertiary/aromatic N) is 1. The Labute approximate surface area is 107 Å². The maximum atomic E-state index is 12.0. The third-order valence-electron chi connectivity index (χ3n) is 3.01. The van der Waals surface area contributed by atoms with E-state index >= 15 is 0 Å². The average molecular weight is 265 g/mol. The van der Waals surface area contributed by atoms with Gasteiger partial charge in [0.2, 0.25) is 10.0 Å². The molecule has 1 unspecified atom stereocenters. The molecule has 0 radical (unpaired) electrons. The van der Waals surface area contributed by atoms with E-state index in [1.165, 1.54) is 12.1 Å². The number of hydrogen-bond donors (Lipinski definition) is 2. The van der Waals surface area contributed by atoms with Gasteiger partial charge in [0.25, 0.3) is 0 Å². The summed E-state index contributed by atoms with van der Waals surface area (Å²) < 4.78 is 26.4. The number of rotatable bonds is 5. The van der Waals surface area contributed by atoms with Crippen LogP contribution in [0.5, 0.6) is 0 Å². The Hall–Kier alpha value is -1.42. The second-order valence-corrected chi connectivity index (χ2v) is 6.26. The predicted octanol–water partition coefficient (Wildman–Crippen LogP) is 0.574. The quantitative estimate of drug-likeness (QED) is 0.813. The Morgan fingerprint density at radius 3 is 2.83 bits per heavy atom. The van der Waals surface area contributed by atoms with Crippen LogP contribution in [0.4, 0.5) is 0 Å². The Morgan fingerprint density at radius 2 is 2.22 bits per heavy atom. The molecule has 1 aromatic rings. The minimum absolute atomic E-state index is 0.101. The predicted molar refractivity (Wildman–Crippen MR) is 67.0 cm³/mol. The van der Waals surface area contributed by atoms with Gasteiger partial charge in [0.15, 0.2) is 0 Å². The van der Waals surface area contributed by atoms with Crippen molar-refractivity contribution in [3.05, 3.63) is 29.8 Å². The topological polar surface area (TPSA) is 96.0 Å². The average Bonchev–Trinajstić information content (AvgIpc) is 3.20. The summed E-state index contributed by atoms with van der Waals surface area (Å²) in [5.74, 6) is 0.443. The van der Waals surface area contributed by atoms with Crippen LogP contribution in [0, 0.1) is 17.2 Å². The molecule has 0 saturated heterocycles. The third-order valence-corrected chi connectivity index (χ3v) is 4.43. The molecule has 1 fully saturated rings. The molecule has 1 saturated carbocycles. The summed E-state index contributed by atoms with van der Waals surface area (Å²) in [6.45, 7) is 0.240. The first-order chi connectivity index (χ1) is 8.53. The summed E-state index contributed by atoms with van der Waals surface area (Å²) in [4.78, 5) is 0.101. The van der Waals surface area contributed by atoms with E-state index < -0.39 is 10.0 Å². The third kappa shape index (κ3) is 3.07. The van der Waals surface area contributed by atoms with Crippen molar-refractivity contribution in [1.82, 2.24) is 4.72 Å². The van der Waals surface area contributed by atoms with E-state index in [1.807, 2.05) is 6.07 Å². The minimum Gasteiger partial charge on any atom is -0.326 e. The van der Waals surface area contributed by atoms with Gasteiger partial charge >= 0.3 is 0 Å². The molecule has 0 spiro atoms. The van der Waals surface area contributed by atoms with Crippen LogP contribution in [-0.4, -0.2) is 21.0 Å². The van der Waals surface area contributed by atoms with Crippen LogP contribution in [0.1, 0.15) is 18.4 Å². The van der Waals surface area contributed by atoms with Gasteiger partial charge in [-0.2, -0.15) is 5.26 Å². The number of sulfonamides is 1. The van der Waals surface area contributed by atoms with Gasteiger partial charge in [0, 0.05) is 12.6 Å². The van der Waals surface area contributed by atoms with Gasteiger partial charge in [0.1, 0.15) is 0 Å². The van der Waals surface area contributed by atoms with Crippen molar-refractivity contribution in [1.29, 1.82) is 5.26 Å². The van der Waals surface area contributed by atoms with Crippen LogP contribution in [0.2, 0.25) is 0 Å². The van der Waals surface area contributed by atoms with Gasteiger partial charge in [-0.3, -0.25) is 0 Å². The Kier molecular flexibility index (Phi) is 3.66. The highest BCUT2D eigenvalue weighted by Gasteiger charge is 2.29. The lowest BCUT2D eigenvalue weighted by molar-refractivity contribution is 0.547. The molecule has 1 atom stereocenters. The lowest BCUT2D eigenvalue weighted by atomic mass is 10.2. The summed E-state index contributed by atoms with van der Waals surface area (Å²) in [5, 5.41) is 8.74. The number of nitriles is 1. The summed E-state index contributed by atoms with van der Waals surface area (Å²) in [6, 6.07) is 7.72. The summed E-state index contributed by atoms with van der Waals surface area (Å²) >= 11 is 0. The number of nitrogens with two attached hydrogens (primary N) is 1. The van der Waals surface area contributed by atoms with Gasteiger partial charge in [-0.05, 0) is 37.0 Å². The monoisotopic (exact) mass is 265 g/mol. The second kappa shape index (κ2) is 5.06. The zero-order chi connectivity index (χ0) is 13.2. The molecule has 0 bridgehead atoms. The van der Waals surface area contributed by atoms with Crippen molar-refractivity contribution < 1.29 is 8.42 Å². The molecular formula is C12H15N3O2S. The fraction of sp³-hybridized carbons (Fsp3) is 0.417. The fourth-order valence-corrected chi connectivity index (χ4v) is 2.83. The summed E-state index contributed by atoms with van der Waals surface area (Å²) in [6.07, 6.45) is 2.15. The van der Waals surface area contributed by atoms with E-state index in [0.29, 0.717) is 11.5 Å². The van der Waals surface area contributed by atoms with Gasteiger partial charge in [0.05, 0.1) is 16.5 Å². The molecule has 6 heteroatoms. The number of benzene rings is 1. The Bertz CT molecular complexity index is 573. The van der Waals surface area contributed by atoms with Crippen LogP contribution in [0.15, 0.2) is 29.2 Å². The fourth-order valence-electron chi connectivity index (χ4n) is 1.71. The van der Waals surface area contributed by atoms with E-state index in [0.717, 1.165) is 12.8 Å².